The van der Waals surface area contributed by atoms with Crippen LogP contribution < -0.4 is 15.0 Å². The highest BCUT2D eigenvalue weighted by Crippen LogP contribution is 2.53. The van der Waals surface area contributed by atoms with Crippen molar-refractivity contribution in [3.63, 3.8) is 0 Å². The van der Waals surface area contributed by atoms with E-state index < -0.39 is 10.0 Å². The lowest BCUT2D eigenvalue weighted by molar-refractivity contribution is 0.122. The molecule has 1 aliphatic carbocycles. The topological polar surface area (TPSA) is 71.1 Å². The highest BCUT2D eigenvalue weighted by atomic mass is 32.2. The molecule has 0 spiro atoms. The van der Waals surface area contributed by atoms with Crippen LogP contribution >= 0.6 is 0 Å². The predicted octanol–water partition coefficient (Wildman–Crippen LogP) is 2.96. The number of rotatable bonds is 7. The van der Waals surface area contributed by atoms with E-state index in [0.29, 0.717) is 75.1 Å². The highest BCUT2D eigenvalue weighted by molar-refractivity contribution is 7.89. The second kappa shape index (κ2) is 8.77. The molecule has 2 atom stereocenters. The number of benzene rings is 2. The Morgan fingerprint density at radius 1 is 1.12 bits per heavy atom. The molecule has 33 heavy (non-hydrogen) atoms. The van der Waals surface area contributed by atoms with Crippen molar-refractivity contribution in [1.29, 1.82) is 0 Å². The number of aryl methyl sites for hydroxylation is 1. The van der Waals surface area contributed by atoms with Crippen LogP contribution in [-0.2, 0) is 14.8 Å². The Morgan fingerprint density at radius 3 is 2.52 bits per heavy atom. The van der Waals surface area contributed by atoms with E-state index in [1.54, 1.807) is 28.6 Å². The quantitative estimate of drug-likeness (QED) is 0.664. The van der Waals surface area contributed by atoms with Crippen LogP contribution in [0.3, 0.4) is 0 Å². The first-order valence-electron chi connectivity index (χ1n) is 11.4. The molecule has 0 bridgehead atoms. The van der Waals surface area contributed by atoms with Gasteiger partial charge in [-0.3, -0.25) is 0 Å². The first-order valence-corrected chi connectivity index (χ1v) is 12.8. The van der Waals surface area contributed by atoms with Crippen LogP contribution in [0.1, 0.15) is 5.56 Å². The Balaban J connectivity index is 1.17. The largest absolute Gasteiger partial charge is 0.495 e. The molecule has 2 aromatic rings. The van der Waals surface area contributed by atoms with E-state index in [-0.39, 0.29) is 10.7 Å². The average Bonchev–Trinajstić information content (AvgIpc) is 3.25. The van der Waals surface area contributed by atoms with Gasteiger partial charge in [-0.15, -0.1) is 0 Å². The number of anilines is 2. The summed E-state index contributed by atoms with van der Waals surface area (Å²) in [5, 5.41) is 3.34. The summed E-state index contributed by atoms with van der Waals surface area (Å²) in [6.45, 7) is 6.28. The summed E-state index contributed by atoms with van der Waals surface area (Å²) >= 11 is 0. The van der Waals surface area contributed by atoms with Gasteiger partial charge < -0.3 is 19.7 Å². The van der Waals surface area contributed by atoms with Gasteiger partial charge in [0.2, 0.25) is 10.0 Å². The predicted molar refractivity (Wildman–Crippen MR) is 125 cm³/mol. The second-order valence-electron chi connectivity index (χ2n) is 9.11. The van der Waals surface area contributed by atoms with Gasteiger partial charge in [-0.2, -0.15) is 4.31 Å². The second-order valence-corrected chi connectivity index (χ2v) is 11.0. The van der Waals surface area contributed by atoms with Crippen LogP contribution in [0.5, 0.6) is 5.75 Å². The zero-order valence-corrected chi connectivity index (χ0v) is 19.8. The number of sulfonamides is 1. The Morgan fingerprint density at radius 2 is 1.85 bits per heavy atom. The standard InChI is InChI=1S/C24H30FN3O4S/c1-16-3-6-24(23(11-16)31-2)33(29,30)28-14-19-18(20(19)15-28)13-26-17-4-5-22(21(25)12-17)27-7-9-32-10-8-27/h3-6,11-12,18-20,26H,7-10,13-15H2,1-2H3. The molecule has 3 aliphatic rings. The van der Waals surface area contributed by atoms with Crippen LogP contribution in [0, 0.1) is 30.5 Å². The number of hydrogen-bond donors (Lipinski definition) is 1. The molecule has 9 heteroatoms. The number of piperidine rings is 1. The highest BCUT2D eigenvalue weighted by Gasteiger charge is 2.57. The number of methoxy groups -OCH3 is 1. The van der Waals surface area contributed by atoms with Gasteiger partial charge in [-0.05, 0) is 60.6 Å². The van der Waals surface area contributed by atoms with E-state index in [9.17, 15) is 12.8 Å². The molecule has 0 amide bonds. The molecule has 2 unspecified atom stereocenters. The molecule has 0 aromatic heterocycles. The number of hydrogen-bond acceptors (Lipinski definition) is 6. The van der Waals surface area contributed by atoms with Gasteiger partial charge in [0.25, 0.3) is 0 Å². The molecule has 3 fully saturated rings. The van der Waals surface area contributed by atoms with Crippen molar-refractivity contribution in [3.8, 4) is 5.75 Å². The van der Waals surface area contributed by atoms with Gasteiger partial charge in [-0.1, -0.05) is 6.07 Å². The van der Waals surface area contributed by atoms with Crippen molar-refractivity contribution in [3.05, 3.63) is 47.8 Å². The molecule has 2 aromatic carbocycles. The molecule has 178 valence electrons. The Kier molecular flexibility index (Phi) is 5.96. The molecule has 7 nitrogen and oxygen atoms in total. The minimum Gasteiger partial charge on any atom is -0.495 e. The van der Waals surface area contributed by atoms with Crippen molar-refractivity contribution in [2.45, 2.75) is 11.8 Å². The SMILES string of the molecule is COc1cc(C)ccc1S(=O)(=O)N1CC2C(CNc3ccc(N4CCOCC4)c(F)c3)C2C1. The number of halogens is 1. The van der Waals surface area contributed by atoms with Crippen molar-refractivity contribution >= 4 is 21.4 Å². The average molecular weight is 476 g/mol. The minimum atomic E-state index is -3.59. The summed E-state index contributed by atoms with van der Waals surface area (Å²) in [4.78, 5) is 2.23. The van der Waals surface area contributed by atoms with E-state index in [0.717, 1.165) is 11.3 Å². The van der Waals surface area contributed by atoms with E-state index in [2.05, 4.69) is 5.32 Å². The lowest BCUT2D eigenvalue weighted by atomic mass is 10.2. The first kappa shape index (κ1) is 22.4. The Hall–Kier alpha value is -2.36. The third-order valence-corrected chi connectivity index (χ3v) is 8.99. The minimum absolute atomic E-state index is 0.224. The molecular weight excluding hydrogens is 445 g/mol. The van der Waals surface area contributed by atoms with E-state index in [1.165, 1.54) is 7.11 Å². The number of nitrogens with one attached hydrogen (secondary N) is 1. The van der Waals surface area contributed by atoms with Gasteiger partial charge in [-0.25, -0.2) is 12.8 Å². The van der Waals surface area contributed by atoms with Crippen molar-refractivity contribution in [1.82, 2.24) is 4.31 Å². The van der Waals surface area contributed by atoms with Crippen molar-refractivity contribution in [2.24, 2.45) is 17.8 Å². The lowest BCUT2D eigenvalue weighted by Crippen LogP contribution is -2.36. The van der Waals surface area contributed by atoms with Crippen molar-refractivity contribution < 1.29 is 22.3 Å². The van der Waals surface area contributed by atoms with Gasteiger partial charge in [0.05, 0.1) is 26.0 Å². The summed E-state index contributed by atoms with van der Waals surface area (Å²) < 4.78 is 53.2. The summed E-state index contributed by atoms with van der Waals surface area (Å²) in [5.41, 5.74) is 2.32. The van der Waals surface area contributed by atoms with Gasteiger partial charge in [0, 0.05) is 38.4 Å². The van der Waals surface area contributed by atoms with Crippen LogP contribution in [0.15, 0.2) is 41.3 Å². The van der Waals surface area contributed by atoms with Crippen molar-refractivity contribution in [2.75, 3.05) is 63.3 Å². The maximum atomic E-state index is 14.6. The van der Waals surface area contributed by atoms with E-state index in [4.69, 9.17) is 9.47 Å². The number of nitrogens with zero attached hydrogens (tertiary/aromatic N) is 2. The van der Waals surface area contributed by atoms with E-state index >= 15 is 0 Å². The maximum Gasteiger partial charge on any atom is 0.246 e. The van der Waals surface area contributed by atoms with E-state index in [1.807, 2.05) is 24.0 Å². The number of ether oxygens (including phenoxy) is 2. The summed E-state index contributed by atoms with van der Waals surface area (Å²) in [5.74, 6) is 1.22. The Bertz CT molecular complexity index is 1120. The molecule has 5 rings (SSSR count). The summed E-state index contributed by atoms with van der Waals surface area (Å²) in [6.07, 6.45) is 0. The van der Waals surface area contributed by atoms with Gasteiger partial charge >= 0.3 is 0 Å². The third kappa shape index (κ3) is 4.29. The lowest BCUT2D eigenvalue weighted by Gasteiger charge is -2.29. The third-order valence-electron chi connectivity index (χ3n) is 7.12. The summed E-state index contributed by atoms with van der Waals surface area (Å²) in [6, 6.07) is 10.4. The number of fused-ring (bicyclic) bond motifs is 1. The Labute approximate surface area is 194 Å². The van der Waals surface area contributed by atoms with Crippen LogP contribution in [0.25, 0.3) is 0 Å². The monoisotopic (exact) mass is 475 g/mol. The molecule has 2 aliphatic heterocycles. The first-order chi connectivity index (χ1) is 15.9. The molecular formula is C24H30FN3O4S. The molecule has 1 saturated carbocycles. The smallest absolute Gasteiger partial charge is 0.246 e. The zero-order valence-electron chi connectivity index (χ0n) is 19.0. The molecule has 1 N–H and O–H groups in total. The number of morpholine rings is 1. The summed E-state index contributed by atoms with van der Waals surface area (Å²) in [7, 11) is -2.09. The molecule has 0 radical (unpaired) electrons. The maximum absolute atomic E-state index is 14.6. The normalized spacial score (nSPS) is 25.1. The van der Waals surface area contributed by atoms with Crippen LogP contribution in [0.2, 0.25) is 0 Å². The fourth-order valence-corrected chi connectivity index (χ4v) is 6.80. The van der Waals surface area contributed by atoms with Gasteiger partial charge in [0.15, 0.2) is 0 Å². The fraction of sp³-hybridized carbons (Fsp3) is 0.500. The molecule has 2 heterocycles. The molecule has 2 saturated heterocycles. The van der Waals surface area contributed by atoms with Gasteiger partial charge in [0.1, 0.15) is 16.5 Å². The zero-order chi connectivity index (χ0) is 23.2. The van der Waals surface area contributed by atoms with Crippen LogP contribution in [-0.4, -0.2) is 65.8 Å². The van der Waals surface area contributed by atoms with Crippen LogP contribution in [0.4, 0.5) is 15.8 Å². The fourth-order valence-electron chi connectivity index (χ4n) is 5.15.